The van der Waals surface area contributed by atoms with E-state index < -0.39 is 5.60 Å². The summed E-state index contributed by atoms with van der Waals surface area (Å²) in [5.74, 6) is 2.12. The first kappa shape index (κ1) is 26.7. The van der Waals surface area contributed by atoms with Gasteiger partial charge in [0.1, 0.15) is 17.2 Å². The molecule has 2 aliphatic heterocycles. The molecule has 0 fully saturated rings. The summed E-state index contributed by atoms with van der Waals surface area (Å²) in [7, 11) is 0. The lowest BCUT2D eigenvalue weighted by atomic mass is 10.1. The molecule has 0 bridgehead atoms. The Morgan fingerprint density at radius 2 is 1.49 bits per heavy atom. The molecule has 1 amide bonds. The topological polar surface area (TPSA) is 114 Å². The minimum Gasteiger partial charge on any atom is -0.444 e. The van der Waals surface area contributed by atoms with E-state index in [4.69, 9.17) is 10.5 Å². The number of aromatic nitrogens is 2. The van der Waals surface area contributed by atoms with Crippen molar-refractivity contribution in [3.05, 3.63) is 46.8 Å². The van der Waals surface area contributed by atoms with Gasteiger partial charge in [0.15, 0.2) is 0 Å². The van der Waals surface area contributed by atoms with Gasteiger partial charge >= 0.3 is 6.09 Å². The number of alkyl carbamates (subject to hydrolysis) is 1. The lowest BCUT2D eigenvalue weighted by Gasteiger charge is -2.19. The summed E-state index contributed by atoms with van der Waals surface area (Å²) in [6, 6.07) is 8.56. The second kappa shape index (κ2) is 13.3. The van der Waals surface area contributed by atoms with Crippen molar-refractivity contribution in [1.82, 2.24) is 15.3 Å². The van der Waals surface area contributed by atoms with Crippen LogP contribution in [0.2, 0.25) is 0 Å². The molecule has 0 spiro atoms. The molecular formula is C27H42N6O2. The van der Waals surface area contributed by atoms with Crippen LogP contribution in [0.1, 0.15) is 69.0 Å². The van der Waals surface area contributed by atoms with Crippen molar-refractivity contribution >= 4 is 17.7 Å². The zero-order valence-electron chi connectivity index (χ0n) is 21.6. The maximum Gasteiger partial charge on any atom is 0.407 e. The highest BCUT2D eigenvalue weighted by atomic mass is 16.6. The van der Waals surface area contributed by atoms with E-state index in [0.29, 0.717) is 6.54 Å². The Bertz CT molecular complexity index is 957. The summed E-state index contributed by atoms with van der Waals surface area (Å²) in [4.78, 5) is 20.7. The number of nitrogens with zero attached hydrogens (tertiary/aromatic N) is 2. The fourth-order valence-electron chi connectivity index (χ4n) is 4.07. The molecule has 0 aromatic carbocycles. The van der Waals surface area contributed by atoms with Crippen LogP contribution in [0.4, 0.5) is 16.4 Å². The number of nitrogens with one attached hydrogen (secondary N) is 3. The molecule has 0 saturated carbocycles. The highest BCUT2D eigenvalue weighted by molar-refractivity contribution is 5.67. The van der Waals surface area contributed by atoms with Crippen LogP contribution < -0.4 is 21.7 Å². The van der Waals surface area contributed by atoms with Crippen LogP contribution in [0.5, 0.6) is 0 Å². The molecule has 0 saturated heterocycles. The molecule has 8 nitrogen and oxygen atoms in total. The molecule has 5 N–H and O–H groups in total. The molecule has 8 heteroatoms. The summed E-state index contributed by atoms with van der Waals surface area (Å²) >= 11 is 0. The molecule has 0 radical (unpaired) electrons. The SMILES string of the molecule is CC(C)(C)OC(=O)NCCCc1ccc2c(n1)NCCC2.NCCCc1ccc2c(n1)NCCC2. The van der Waals surface area contributed by atoms with Gasteiger partial charge in [-0.15, -0.1) is 0 Å². The fraction of sp³-hybridized carbons (Fsp3) is 0.593. The molecule has 192 valence electrons. The molecule has 0 aliphatic carbocycles. The Hall–Kier alpha value is -2.87. The number of anilines is 2. The Morgan fingerprint density at radius 1 is 0.943 bits per heavy atom. The number of rotatable bonds is 7. The monoisotopic (exact) mass is 482 g/mol. The van der Waals surface area contributed by atoms with Crippen LogP contribution in [0.25, 0.3) is 0 Å². The van der Waals surface area contributed by atoms with Crippen molar-refractivity contribution in [3.63, 3.8) is 0 Å². The number of carbonyl (C=O) groups excluding carboxylic acids is 1. The normalized spacial score (nSPS) is 14.3. The van der Waals surface area contributed by atoms with Gasteiger partial charge in [0.2, 0.25) is 0 Å². The zero-order chi connectivity index (χ0) is 25.1. The molecule has 0 atom stereocenters. The first-order valence-corrected chi connectivity index (χ1v) is 13.0. The number of pyridine rings is 2. The number of nitrogens with two attached hydrogens (primary N) is 1. The lowest BCUT2D eigenvalue weighted by Crippen LogP contribution is -2.33. The van der Waals surface area contributed by atoms with E-state index in [1.165, 1.54) is 24.0 Å². The molecular weight excluding hydrogens is 440 g/mol. The Balaban J connectivity index is 0.000000211. The van der Waals surface area contributed by atoms with Crippen LogP contribution in [0.15, 0.2) is 24.3 Å². The summed E-state index contributed by atoms with van der Waals surface area (Å²) < 4.78 is 5.19. The average molecular weight is 483 g/mol. The quantitative estimate of drug-likeness (QED) is 0.437. The second-order valence-corrected chi connectivity index (χ2v) is 10.1. The van der Waals surface area contributed by atoms with Crippen molar-refractivity contribution in [1.29, 1.82) is 0 Å². The van der Waals surface area contributed by atoms with Crippen LogP contribution >= 0.6 is 0 Å². The molecule has 4 heterocycles. The van der Waals surface area contributed by atoms with Crippen molar-refractivity contribution < 1.29 is 9.53 Å². The minimum absolute atomic E-state index is 0.359. The Labute approximate surface area is 209 Å². The predicted octanol–water partition coefficient (Wildman–Crippen LogP) is 4.23. The molecule has 2 aliphatic rings. The van der Waals surface area contributed by atoms with Crippen molar-refractivity contribution in [2.75, 3.05) is 36.8 Å². The van der Waals surface area contributed by atoms with Crippen LogP contribution in [-0.2, 0) is 30.4 Å². The average Bonchev–Trinajstić information content (AvgIpc) is 2.84. The van der Waals surface area contributed by atoms with Gasteiger partial charge in [0.25, 0.3) is 0 Å². The maximum absolute atomic E-state index is 11.5. The van der Waals surface area contributed by atoms with Gasteiger partial charge in [-0.05, 0) is 102 Å². The van der Waals surface area contributed by atoms with Gasteiger partial charge in [0.05, 0.1) is 0 Å². The molecule has 2 aromatic heterocycles. The third kappa shape index (κ3) is 9.36. The molecule has 4 rings (SSSR count). The van der Waals surface area contributed by atoms with Crippen molar-refractivity contribution in [3.8, 4) is 0 Å². The number of hydrogen-bond acceptors (Lipinski definition) is 7. The van der Waals surface area contributed by atoms with Crippen LogP contribution in [-0.4, -0.2) is 47.8 Å². The minimum atomic E-state index is -0.449. The number of fused-ring (bicyclic) bond motifs is 2. The highest BCUT2D eigenvalue weighted by Crippen LogP contribution is 2.21. The highest BCUT2D eigenvalue weighted by Gasteiger charge is 2.15. The molecule has 0 unspecified atom stereocenters. The smallest absolute Gasteiger partial charge is 0.407 e. The largest absolute Gasteiger partial charge is 0.444 e. The number of ether oxygens (including phenoxy) is 1. The maximum atomic E-state index is 11.5. The number of amides is 1. The summed E-state index contributed by atoms with van der Waals surface area (Å²) in [5, 5.41) is 9.44. The predicted molar refractivity (Wildman–Crippen MR) is 142 cm³/mol. The number of aryl methyl sites for hydroxylation is 4. The molecule has 2 aromatic rings. The number of hydrogen-bond donors (Lipinski definition) is 4. The standard InChI is InChI=1S/C16H25N3O2.C11H17N3/c1-16(2,3)21-15(20)18-11-5-7-13-9-8-12-6-4-10-17-14(12)19-13;12-7-1-4-10-6-5-9-3-2-8-13-11(9)14-10/h8-9H,4-7,10-11H2,1-3H3,(H,17,19)(H,18,20);5-6H,1-4,7-8,12H2,(H,13,14). The van der Waals surface area contributed by atoms with Crippen LogP contribution in [0, 0.1) is 0 Å². The second-order valence-electron chi connectivity index (χ2n) is 10.1. The van der Waals surface area contributed by atoms with E-state index in [9.17, 15) is 4.79 Å². The summed E-state index contributed by atoms with van der Waals surface area (Å²) in [6.07, 6.45) is 8.02. The molecule has 35 heavy (non-hydrogen) atoms. The van der Waals surface area contributed by atoms with E-state index >= 15 is 0 Å². The summed E-state index contributed by atoms with van der Waals surface area (Å²) in [6.45, 7) is 8.97. The van der Waals surface area contributed by atoms with Gasteiger partial charge in [0, 0.05) is 31.0 Å². The van der Waals surface area contributed by atoms with E-state index in [0.717, 1.165) is 81.2 Å². The number of carbonyl (C=O) groups is 1. The van der Waals surface area contributed by atoms with E-state index in [1.807, 2.05) is 20.8 Å². The third-order valence-corrected chi connectivity index (χ3v) is 5.82. The van der Waals surface area contributed by atoms with Gasteiger partial charge in [-0.1, -0.05) is 12.1 Å². The third-order valence-electron chi connectivity index (χ3n) is 5.82. The first-order chi connectivity index (χ1) is 16.8. The van der Waals surface area contributed by atoms with Crippen LogP contribution in [0.3, 0.4) is 0 Å². The van der Waals surface area contributed by atoms with E-state index in [2.05, 4.69) is 50.2 Å². The van der Waals surface area contributed by atoms with Crippen molar-refractivity contribution in [2.24, 2.45) is 5.73 Å². The Kier molecular flexibility index (Phi) is 10.1. The van der Waals surface area contributed by atoms with Crippen molar-refractivity contribution in [2.45, 2.75) is 77.7 Å². The lowest BCUT2D eigenvalue weighted by molar-refractivity contribution is 0.0527. The van der Waals surface area contributed by atoms with Gasteiger partial charge < -0.3 is 26.4 Å². The summed E-state index contributed by atoms with van der Waals surface area (Å²) in [5.41, 5.74) is 9.90. The van der Waals surface area contributed by atoms with Gasteiger partial charge in [-0.3, -0.25) is 0 Å². The zero-order valence-corrected chi connectivity index (χ0v) is 21.6. The van der Waals surface area contributed by atoms with E-state index in [-0.39, 0.29) is 6.09 Å². The fourth-order valence-corrected chi connectivity index (χ4v) is 4.07. The van der Waals surface area contributed by atoms with E-state index in [1.54, 1.807) is 0 Å². The van der Waals surface area contributed by atoms with Gasteiger partial charge in [-0.2, -0.15) is 0 Å². The first-order valence-electron chi connectivity index (χ1n) is 13.0. The Morgan fingerprint density at radius 3 is 2.00 bits per heavy atom. The van der Waals surface area contributed by atoms with Gasteiger partial charge in [-0.25, -0.2) is 14.8 Å².